The second-order valence-corrected chi connectivity index (χ2v) is 7.39. The summed E-state index contributed by atoms with van der Waals surface area (Å²) in [5.41, 5.74) is 2.45. The summed E-state index contributed by atoms with van der Waals surface area (Å²) in [6.07, 6.45) is 1.09. The van der Waals surface area contributed by atoms with Crippen LogP contribution in [0, 0.1) is 0 Å². The lowest BCUT2D eigenvalue weighted by atomic mass is 10.1. The van der Waals surface area contributed by atoms with Gasteiger partial charge in [-0.3, -0.25) is 9.59 Å². The van der Waals surface area contributed by atoms with Gasteiger partial charge >= 0.3 is 0 Å². The molecule has 0 atom stereocenters. The van der Waals surface area contributed by atoms with Crippen LogP contribution in [0.3, 0.4) is 0 Å². The van der Waals surface area contributed by atoms with Crippen molar-refractivity contribution in [3.8, 4) is 0 Å². The van der Waals surface area contributed by atoms with Gasteiger partial charge in [0.2, 0.25) is 0 Å². The molecule has 27 heavy (non-hydrogen) atoms. The van der Waals surface area contributed by atoms with E-state index in [1.165, 1.54) is 4.90 Å². The molecule has 0 unspecified atom stereocenters. The topological polar surface area (TPSA) is 52.7 Å². The van der Waals surface area contributed by atoms with Crippen molar-refractivity contribution in [3.63, 3.8) is 0 Å². The third-order valence-corrected chi connectivity index (χ3v) is 5.10. The molecule has 0 radical (unpaired) electrons. The van der Waals surface area contributed by atoms with E-state index in [2.05, 4.69) is 24.1 Å². The number of hydrogen-bond acceptors (Lipinski definition) is 4. The fourth-order valence-corrected chi connectivity index (χ4v) is 3.22. The van der Waals surface area contributed by atoms with Gasteiger partial charge in [-0.2, -0.15) is 0 Å². The van der Waals surface area contributed by atoms with E-state index in [9.17, 15) is 9.59 Å². The second-order valence-electron chi connectivity index (χ2n) is 6.37. The van der Waals surface area contributed by atoms with Gasteiger partial charge < -0.3 is 15.1 Å². The Hall–Kier alpha value is -2.47. The predicted octanol–water partition coefficient (Wildman–Crippen LogP) is 4.95. The van der Waals surface area contributed by atoms with Crippen LogP contribution in [-0.4, -0.2) is 43.2 Å². The quantitative estimate of drug-likeness (QED) is 0.685. The smallest absolute Gasteiger partial charge is 0.285 e. The molecule has 0 fully saturated rings. The molecule has 0 heterocycles. The van der Waals surface area contributed by atoms with Crippen molar-refractivity contribution in [2.24, 2.45) is 0 Å². The summed E-state index contributed by atoms with van der Waals surface area (Å²) in [6.45, 7) is 6.23. The van der Waals surface area contributed by atoms with Crippen LogP contribution in [0.25, 0.3) is 0 Å². The van der Waals surface area contributed by atoms with E-state index in [4.69, 9.17) is 0 Å². The summed E-state index contributed by atoms with van der Waals surface area (Å²) in [4.78, 5) is 28.8. The first-order valence-electron chi connectivity index (χ1n) is 9.10. The molecular weight excluding hydrogens is 358 g/mol. The van der Waals surface area contributed by atoms with Crippen LogP contribution >= 0.6 is 11.8 Å². The maximum absolute atomic E-state index is 12.5. The van der Waals surface area contributed by atoms with Crippen LogP contribution in [0.2, 0.25) is 0 Å². The molecule has 0 aromatic heterocycles. The molecule has 2 amide bonds. The summed E-state index contributed by atoms with van der Waals surface area (Å²) >= 11 is 1.16. The maximum Gasteiger partial charge on any atom is 0.285 e. The number of carbonyl (C=O) groups excluding carboxylic acids is 2. The zero-order valence-corrected chi connectivity index (χ0v) is 17.2. The van der Waals surface area contributed by atoms with Gasteiger partial charge in [-0.1, -0.05) is 6.92 Å². The van der Waals surface area contributed by atoms with Crippen molar-refractivity contribution in [3.05, 3.63) is 54.1 Å². The van der Waals surface area contributed by atoms with Crippen LogP contribution in [0.4, 0.5) is 16.2 Å². The predicted molar refractivity (Wildman–Crippen MR) is 114 cm³/mol. The molecule has 0 saturated heterocycles. The van der Waals surface area contributed by atoms with Crippen molar-refractivity contribution in [2.75, 3.05) is 37.4 Å². The van der Waals surface area contributed by atoms with Crippen LogP contribution < -0.4 is 10.2 Å². The largest absolute Gasteiger partial charge is 0.372 e. The van der Waals surface area contributed by atoms with Crippen LogP contribution in [-0.2, 0) is 0 Å². The van der Waals surface area contributed by atoms with E-state index in [-0.39, 0.29) is 11.1 Å². The molecular formula is C21H27N3O2S. The van der Waals surface area contributed by atoms with Gasteiger partial charge in [0.25, 0.3) is 11.1 Å². The fraction of sp³-hybridized carbons (Fsp3) is 0.333. The third kappa shape index (κ3) is 6.03. The number of nitrogens with zero attached hydrogens (tertiary/aromatic N) is 2. The Balaban J connectivity index is 1.99. The molecule has 0 aliphatic carbocycles. The second kappa shape index (κ2) is 10.0. The van der Waals surface area contributed by atoms with Gasteiger partial charge in [0.1, 0.15) is 0 Å². The Morgan fingerprint density at radius 1 is 0.963 bits per heavy atom. The lowest BCUT2D eigenvalue weighted by Gasteiger charge is -2.22. The molecule has 0 bridgehead atoms. The Morgan fingerprint density at radius 3 is 2.11 bits per heavy atom. The molecule has 0 aliphatic heterocycles. The molecule has 0 spiro atoms. The Labute approximate surface area is 165 Å². The number of rotatable bonds is 7. The Kier molecular flexibility index (Phi) is 7.73. The first-order valence-corrected chi connectivity index (χ1v) is 9.91. The van der Waals surface area contributed by atoms with Crippen molar-refractivity contribution in [2.45, 2.75) is 25.2 Å². The normalized spacial score (nSPS) is 10.4. The average Bonchev–Trinajstić information content (AvgIpc) is 2.67. The standard InChI is InChI=1S/C21H27N3O2S/c1-5-15-24(6-2)18-11-7-16(8-12-18)20(25)22-17-9-13-19(14-10-17)27-21(26)23(3)4/h7-14H,5-6,15H2,1-4H3,(H,22,25). The SMILES string of the molecule is CCCN(CC)c1ccc(C(=O)Nc2ccc(SC(=O)N(C)C)cc2)cc1. The number of hydrogen-bond donors (Lipinski definition) is 1. The average molecular weight is 386 g/mol. The minimum absolute atomic E-state index is 0.0314. The summed E-state index contributed by atoms with van der Waals surface area (Å²) < 4.78 is 0. The first-order chi connectivity index (χ1) is 12.9. The molecule has 1 N–H and O–H groups in total. The summed E-state index contributed by atoms with van der Waals surface area (Å²) in [6, 6.07) is 14.9. The summed E-state index contributed by atoms with van der Waals surface area (Å²) in [7, 11) is 3.44. The van der Waals surface area contributed by atoms with E-state index < -0.39 is 0 Å². The minimum atomic E-state index is -0.148. The highest BCUT2D eigenvalue weighted by Crippen LogP contribution is 2.23. The third-order valence-electron chi connectivity index (χ3n) is 4.05. The highest BCUT2D eigenvalue weighted by Gasteiger charge is 2.10. The highest BCUT2D eigenvalue weighted by molar-refractivity contribution is 8.13. The number of amides is 2. The van der Waals surface area contributed by atoms with Gasteiger partial charge in [-0.15, -0.1) is 0 Å². The van der Waals surface area contributed by atoms with E-state index >= 15 is 0 Å². The van der Waals surface area contributed by atoms with Crippen LogP contribution in [0.5, 0.6) is 0 Å². The number of carbonyl (C=O) groups is 2. The van der Waals surface area contributed by atoms with Crippen molar-refractivity contribution in [1.29, 1.82) is 0 Å². The number of nitrogens with one attached hydrogen (secondary N) is 1. The van der Waals surface area contributed by atoms with Crippen molar-refractivity contribution >= 4 is 34.3 Å². The van der Waals surface area contributed by atoms with E-state index in [0.717, 1.165) is 41.9 Å². The number of anilines is 2. The van der Waals surface area contributed by atoms with Crippen LogP contribution in [0.15, 0.2) is 53.4 Å². The maximum atomic E-state index is 12.5. The Bertz CT molecular complexity index is 758. The van der Waals surface area contributed by atoms with E-state index in [0.29, 0.717) is 11.3 Å². The van der Waals surface area contributed by atoms with Gasteiger partial charge in [0, 0.05) is 49.0 Å². The highest BCUT2D eigenvalue weighted by atomic mass is 32.2. The molecule has 5 nitrogen and oxygen atoms in total. The summed E-state index contributed by atoms with van der Waals surface area (Å²) in [5.74, 6) is -0.148. The van der Waals surface area contributed by atoms with Gasteiger partial charge in [0.05, 0.1) is 0 Å². The lowest BCUT2D eigenvalue weighted by molar-refractivity contribution is 0.102. The zero-order valence-electron chi connectivity index (χ0n) is 16.4. The molecule has 6 heteroatoms. The molecule has 144 valence electrons. The molecule has 2 aromatic rings. The molecule has 0 aliphatic rings. The van der Waals surface area contributed by atoms with Gasteiger partial charge in [-0.25, -0.2) is 0 Å². The van der Waals surface area contributed by atoms with Crippen LogP contribution in [0.1, 0.15) is 30.6 Å². The minimum Gasteiger partial charge on any atom is -0.372 e. The fourth-order valence-electron chi connectivity index (χ4n) is 2.57. The Morgan fingerprint density at radius 2 is 1.59 bits per heavy atom. The first kappa shape index (κ1) is 20.8. The van der Waals surface area contributed by atoms with E-state index in [1.807, 2.05) is 36.4 Å². The van der Waals surface area contributed by atoms with Crippen molar-refractivity contribution in [1.82, 2.24) is 4.90 Å². The molecule has 2 rings (SSSR count). The summed E-state index contributed by atoms with van der Waals surface area (Å²) in [5, 5.41) is 2.86. The zero-order chi connectivity index (χ0) is 19.8. The number of benzene rings is 2. The monoisotopic (exact) mass is 385 g/mol. The lowest BCUT2D eigenvalue weighted by Crippen LogP contribution is -2.23. The number of thioether (sulfide) groups is 1. The van der Waals surface area contributed by atoms with Crippen molar-refractivity contribution < 1.29 is 9.59 Å². The molecule has 2 aromatic carbocycles. The van der Waals surface area contributed by atoms with E-state index in [1.54, 1.807) is 26.2 Å². The van der Waals surface area contributed by atoms with Gasteiger partial charge in [0.15, 0.2) is 0 Å². The van der Waals surface area contributed by atoms with Gasteiger partial charge in [-0.05, 0) is 73.6 Å². The molecule has 0 saturated carbocycles.